The summed E-state index contributed by atoms with van der Waals surface area (Å²) in [6, 6.07) is 10.9. The van der Waals surface area contributed by atoms with Gasteiger partial charge in [0, 0.05) is 42.6 Å². The van der Waals surface area contributed by atoms with Gasteiger partial charge < -0.3 is 60.9 Å². The van der Waals surface area contributed by atoms with Crippen LogP contribution < -0.4 is 46.1 Å². The Morgan fingerprint density at radius 1 is 0.816 bits per heavy atom. The van der Waals surface area contributed by atoms with Gasteiger partial charge in [-0.25, -0.2) is 0 Å². The lowest BCUT2D eigenvalue weighted by Crippen LogP contribution is -2.58. The van der Waals surface area contributed by atoms with E-state index in [2.05, 4.69) is 37.8 Å². The van der Waals surface area contributed by atoms with Crippen LogP contribution in [0.2, 0.25) is 0 Å². The Bertz CT molecular complexity index is 2810. The first-order chi connectivity index (χ1) is 36.3. The predicted molar refractivity (Wildman–Crippen MR) is 275 cm³/mol. The number of rotatable bonds is 23. The van der Waals surface area contributed by atoms with Gasteiger partial charge in [0.25, 0.3) is 17.7 Å². The first-order valence-corrected chi connectivity index (χ1v) is 24.3. The maximum Gasteiger partial charge on any atom is 0.316 e. The number of methoxy groups -OCH3 is 3. The summed E-state index contributed by atoms with van der Waals surface area (Å²) in [5.74, 6) is -4.57. The van der Waals surface area contributed by atoms with Crippen LogP contribution in [0, 0.1) is 18.3 Å². The molecule has 3 aromatic carbocycles. The quantitative estimate of drug-likeness (QED) is 0.0400. The number of carbonyl (C=O) groups excluding carboxylic acids is 9. The number of aliphatic hydroxyl groups excluding tert-OH is 1. The van der Waals surface area contributed by atoms with Gasteiger partial charge in [0.05, 0.1) is 40.0 Å². The molecule has 22 heteroatoms. The molecule has 402 valence electrons. The number of hydrogen-bond donors (Lipinski definition) is 7. The molecule has 0 saturated carbocycles. The highest BCUT2D eigenvalue weighted by atomic mass is 16.5. The van der Waals surface area contributed by atoms with Crippen molar-refractivity contribution in [3.63, 3.8) is 0 Å². The Balaban J connectivity index is 1.05. The molecule has 22 nitrogen and oxygen atoms in total. The van der Waals surface area contributed by atoms with E-state index in [1.807, 2.05) is 12.1 Å². The molecule has 0 bridgehead atoms. The molecule has 0 aromatic heterocycles. The molecule has 0 spiro atoms. The maximum absolute atomic E-state index is 14.2. The van der Waals surface area contributed by atoms with Crippen molar-refractivity contribution in [1.82, 2.24) is 36.4 Å². The fraction of sp³-hybridized carbons (Fsp3) is 0.389. The number of benzene rings is 3. The number of likely N-dealkylation sites (N-methyl/N-ethyl adjacent to an activating group) is 1. The third-order valence-corrected chi connectivity index (χ3v) is 13.0. The van der Waals surface area contributed by atoms with Gasteiger partial charge in [0.2, 0.25) is 29.5 Å². The molecular formula is C54H62N8O14. The molecule has 7 atom stereocenters. The van der Waals surface area contributed by atoms with Crippen molar-refractivity contribution in [2.75, 3.05) is 46.8 Å². The van der Waals surface area contributed by atoms with Gasteiger partial charge in [-0.15, -0.1) is 6.42 Å². The summed E-state index contributed by atoms with van der Waals surface area (Å²) in [5, 5.41) is 27.7. The number of ether oxygens (including phenoxy) is 4. The predicted octanol–water partition coefficient (Wildman–Crippen LogP) is 1.28. The largest absolute Gasteiger partial charge is 0.497 e. The molecule has 7 N–H and O–H groups in total. The Morgan fingerprint density at radius 2 is 1.47 bits per heavy atom. The number of imide groups is 1. The summed E-state index contributed by atoms with van der Waals surface area (Å²) in [4.78, 5) is 122. The number of amides is 8. The van der Waals surface area contributed by atoms with E-state index in [0.29, 0.717) is 17.0 Å². The molecule has 6 rings (SSSR count). The van der Waals surface area contributed by atoms with Crippen LogP contribution in [0.4, 0.5) is 5.69 Å². The van der Waals surface area contributed by atoms with Crippen molar-refractivity contribution in [3.8, 4) is 29.6 Å². The monoisotopic (exact) mass is 1050 g/mol. The van der Waals surface area contributed by atoms with E-state index in [1.165, 1.54) is 45.2 Å². The van der Waals surface area contributed by atoms with E-state index >= 15 is 0 Å². The fourth-order valence-electron chi connectivity index (χ4n) is 8.90. The molecule has 3 aliphatic heterocycles. The molecule has 0 aliphatic carbocycles. The minimum Gasteiger partial charge on any atom is -0.497 e. The fourth-order valence-corrected chi connectivity index (χ4v) is 8.90. The third kappa shape index (κ3) is 13.2. The lowest BCUT2D eigenvalue weighted by Gasteiger charge is -2.28. The van der Waals surface area contributed by atoms with Crippen LogP contribution >= 0.6 is 0 Å². The summed E-state index contributed by atoms with van der Waals surface area (Å²) >= 11 is 0. The summed E-state index contributed by atoms with van der Waals surface area (Å²) < 4.78 is 22.1. The van der Waals surface area contributed by atoms with E-state index in [9.17, 15) is 48.3 Å². The average Bonchev–Trinajstić information content (AvgIpc) is 3.99. The van der Waals surface area contributed by atoms with Crippen LogP contribution in [0.1, 0.15) is 73.0 Å². The molecule has 0 radical (unpaired) electrons. The first-order valence-electron chi connectivity index (χ1n) is 24.3. The lowest BCUT2D eigenvalue weighted by molar-refractivity contribution is -0.150. The second-order valence-corrected chi connectivity index (χ2v) is 18.4. The van der Waals surface area contributed by atoms with Crippen molar-refractivity contribution in [2.45, 2.75) is 88.9 Å². The summed E-state index contributed by atoms with van der Waals surface area (Å²) in [5.41, 5.74) is 2.77. The topological polar surface area (TPSA) is 289 Å². The molecule has 3 aromatic rings. The van der Waals surface area contributed by atoms with Gasteiger partial charge in [-0.2, -0.15) is 0 Å². The number of terminal acetylenes is 1. The van der Waals surface area contributed by atoms with Crippen LogP contribution in [0.5, 0.6) is 17.2 Å². The first kappa shape index (κ1) is 56.7. The van der Waals surface area contributed by atoms with E-state index in [1.54, 1.807) is 63.6 Å². The standard InChI is InChI=1S/C54H62N8O14/c1-9-22-56-50(68)38(59-51(69)40(26-55-5)62-44(64)20-21-45(62)65)18-19-43(63)60-47(29(2)3)52(70)57-30(4)49(67)58-34-14-10-31(11-15-34)28-76-54(72)46-36-24-41(74-7)42(75-8)25-37(36)53(71)61-27-33(23-39(61)48(46)66)32-12-16-35(73-6)17-13-32/h1,10-17,20-21,24-25,27,29-30,38-40,46-48,55,66H,18-19,22-23,26,28H2,2-8H3,(H,56,68)(H,57,70)(H,58,67)(H,59,69)(H,60,63)/t30-,38-,39-,40-,46?,47-,48-/m0/s1. The van der Waals surface area contributed by atoms with E-state index < -0.39 is 101 Å². The second-order valence-electron chi connectivity index (χ2n) is 18.4. The smallest absolute Gasteiger partial charge is 0.316 e. The number of nitrogens with one attached hydrogen (secondary N) is 6. The zero-order valence-electron chi connectivity index (χ0n) is 43.1. The maximum atomic E-state index is 14.2. The van der Waals surface area contributed by atoms with Crippen LogP contribution in [0.3, 0.4) is 0 Å². The van der Waals surface area contributed by atoms with Gasteiger partial charge in [-0.1, -0.05) is 44.0 Å². The molecule has 3 aliphatic rings. The van der Waals surface area contributed by atoms with Gasteiger partial charge in [0.1, 0.15) is 42.4 Å². The number of aliphatic hydroxyl groups is 1. The number of hydrogen-bond acceptors (Lipinski definition) is 15. The second kappa shape index (κ2) is 25.6. The zero-order valence-corrected chi connectivity index (χ0v) is 43.1. The Labute approximate surface area is 439 Å². The Morgan fingerprint density at radius 3 is 2.08 bits per heavy atom. The molecular weight excluding hydrogens is 985 g/mol. The highest BCUT2D eigenvalue weighted by molar-refractivity contribution is 6.15. The summed E-state index contributed by atoms with van der Waals surface area (Å²) in [7, 11) is 5.90. The molecule has 8 amide bonds. The van der Waals surface area contributed by atoms with Crippen LogP contribution in [-0.4, -0.2) is 146 Å². The van der Waals surface area contributed by atoms with Gasteiger partial charge in [0.15, 0.2) is 11.5 Å². The minimum absolute atomic E-state index is 0.129. The molecule has 3 heterocycles. The number of anilines is 1. The molecule has 0 saturated heterocycles. The summed E-state index contributed by atoms with van der Waals surface area (Å²) in [6.45, 7) is 4.24. The number of esters is 1. The molecule has 0 fully saturated rings. The van der Waals surface area contributed by atoms with Gasteiger partial charge in [-0.3, -0.25) is 48.1 Å². The molecule has 1 unspecified atom stereocenters. The van der Waals surface area contributed by atoms with Crippen molar-refractivity contribution < 1.29 is 67.2 Å². The number of nitrogens with zero attached hydrogens (tertiary/aromatic N) is 2. The minimum atomic E-state index is -1.40. The highest BCUT2D eigenvalue weighted by Gasteiger charge is 2.48. The van der Waals surface area contributed by atoms with Crippen molar-refractivity contribution in [2.24, 2.45) is 5.92 Å². The van der Waals surface area contributed by atoms with Crippen molar-refractivity contribution in [3.05, 3.63) is 101 Å². The average molecular weight is 1050 g/mol. The highest BCUT2D eigenvalue weighted by Crippen LogP contribution is 2.44. The van der Waals surface area contributed by atoms with Crippen molar-refractivity contribution >= 4 is 64.5 Å². The summed E-state index contributed by atoms with van der Waals surface area (Å²) in [6.07, 6.45) is 7.24. The normalized spacial score (nSPS) is 18.1. The lowest BCUT2D eigenvalue weighted by atomic mass is 9.86. The van der Waals surface area contributed by atoms with Crippen LogP contribution in [0.15, 0.2) is 79.0 Å². The van der Waals surface area contributed by atoms with Crippen LogP contribution in [0.25, 0.3) is 5.57 Å². The zero-order chi connectivity index (χ0) is 55.4. The van der Waals surface area contributed by atoms with E-state index in [4.69, 9.17) is 25.4 Å². The SMILES string of the molecule is C#CCNC(=O)[C@H](CCC(=O)N[C@H](C(=O)N[C@@H](C)C(=O)Nc1ccc(COC(=O)C2c3cc(OC)c(OC)cc3C(=O)N3C=C(c4ccc(OC)cc4)C[C@H]3[C@@H]2O)cc1)C(C)C)NC(=O)[C@H](CNC)N1C(=O)C=CC1=O. The van der Waals surface area contributed by atoms with Gasteiger partial charge in [-0.05, 0) is 91.4 Å². The Hall–Kier alpha value is -8.55. The third-order valence-electron chi connectivity index (χ3n) is 13.0. The van der Waals surface area contributed by atoms with E-state index in [-0.39, 0.29) is 61.6 Å². The Kier molecular flexibility index (Phi) is 19.1. The number of carbonyl (C=O) groups is 9. The number of fused-ring (bicyclic) bond motifs is 2. The van der Waals surface area contributed by atoms with Crippen LogP contribution in [-0.2, 0) is 49.7 Å². The molecule has 76 heavy (non-hydrogen) atoms. The van der Waals surface area contributed by atoms with Crippen molar-refractivity contribution in [1.29, 1.82) is 0 Å². The van der Waals surface area contributed by atoms with E-state index in [0.717, 1.165) is 28.2 Å². The van der Waals surface area contributed by atoms with Gasteiger partial charge >= 0.3 is 5.97 Å².